The molecule has 3 heteroatoms. The largest absolute Gasteiger partial charge is 0.493 e. The molecule has 2 rings (SSSR count). The summed E-state index contributed by atoms with van der Waals surface area (Å²) in [5.74, 6) is 2.33. The third kappa shape index (κ3) is 3.99. The van der Waals surface area contributed by atoms with Gasteiger partial charge < -0.3 is 14.8 Å². The molecule has 0 aromatic heterocycles. The summed E-state index contributed by atoms with van der Waals surface area (Å²) in [7, 11) is 1.65. The monoisotopic (exact) mass is 285 g/mol. The highest BCUT2D eigenvalue weighted by molar-refractivity contribution is 5.45. The predicted molar refractivity (Wildman–Crippen MR) is 86.2 cm³/mol. The second-order valence-electron chi connectivity index (χ2n) is 4.97. The Morgan fingerprint density at radius 1 is 0.952 bits per heavy atom. The Balaban J connectivity index is 2.24. The molecule has 0 fully saturated rings. The van der Waals surface area contributed by atoms with Crippen molar-refractivity contribution in [2.45, 2.75) is 26.3 Å². The zero-order valence-electron chi connectivity index (χ0n) is 12.9. The first-order valence-electron chi connectivity index (χ1n) is 7.39. The average molecular weight is 285 g/mol. The van der Waals surface area contributed by atoms with Crippen LogP contribution in [0.25, 0.3) is 0 Å². The lowest BCUT2D eigenvalue weighted by Crippen LogP contribution is -2.19. The molecule has 2 aromatic rings. The predicted octanol–water partition coefficient (Wildman–Crippen LogP) is 4.55. The van der Waals surface area contributed by atoms with E-state index in [0.717, 1.165) is 35.8 Å². The molecule has 0 aliphatic heterocycles. The second-order valence-corrected chi connectivity index (χ2v) is 4.97. The van der Waals surface area contributed by atoms with Crippen molar-refractivity contribution < 1.29 is 9.47 Å². The van der Waals surface area contributed by atoms with Crippen molar-refractivity contribution in [3.8, 4) is 17.2 Å². The number of benzene rings is 2. The number of ether oxygens (including phenoxy) is 2. The van der Waals surface area contributed by atoms with Gasteiger partial charge in [0.1, 0.15) is 5.75 Å². The quantitative estimate of drug-likeness (QED) is 0.809. The van der Waals surface area contributed by atoms with Gasteiger partial charge in [-0.25, -0.2) is 0 Å². The molecule has 1 atom stereocenters. The SMILES string of the molecule is CCCNC(C)c1ccccc1Oc1ccccc1OC. The Hall–Kier alpha value is -2.00. The summed E-state index contributed by atoms with van der Waals surface area (Å²) in [6, 6.07) is 16.0. The molecular weight excluding hydrogens is 262 g/mol. The van der Waals surface area contributed by atoms with E-state index < -0.39 is 0 Å². The van der Waals surface area contributed by atoms with E-state index in [2.05, 4.69) is 25.2 Å². The summed E-state index contributed by atoms with van der Waals surface area (Å²) < 4.78 is 11.4. The minimum Gasteiger partial charge on any atom is -0.493 e. The highest BCUT2D eigenvalue weighted by atomic mass is 16.5. The summed E-state index contributed by atoms with van der Waals surface area (Å²) in [5.41, 5.74) is 1.15. The maximum absolute atomic E-state index is 6.07. The van der Waals surface area contributed by atoms with E-state index in [1.54, 1.807) is 7.11 Å². The van der Waals surface area contributed by atoms with Gasteiger partial charge in [-0.2, -0.15) is 0 Å². The lowest BCUT2D eigenvalue weighted by Gasteiger charge is -2.18. The van der Waals surface area contributed by atoms with Gasteiger partial charge >= 0.3 is 0 Å². The van der Waals surface area contributed by atoms with Crippen LogP contribution in [0.4, 0.5) is 0 Å². The average Bonchev–Trinajstić information content (AvgIpc) is 2.53. The molecule has 0 saturated heterocycles. The lowest BCUT2D eigenvalue weighted by molar-refractivity contribution is 0.376. The Bertz CT molecular complexity index is 569. The fourth-order valence-corrected chi connectivity index (χ4v) is 2.22. The van der Waals surface area contributed by atoms with E-state index in [4.69, 9.17) is 9.47 Å². The molecule has 0 aliphatic carbocycles. The van der Waals surface area contributed by atoms with Crippen LogP contribution in [0.3, 0.4) is 0 Å². The summed E-state index contributed by atoms with van der Waals surface area (Å²) in [4.78, 5) is 0. The number of hydrogen-bond acceptors (Lipinski definition) is 3. The number of hydrogen-bond donors (Lipinski definition) is 1. The standard InChI is InChI=1S/C18H23NO2/c1-4-13-19-14(2)15-9-5-6-10-16(15)21-18-12-8-7-11-17(18)20-3/h5-12,14,19H,4,13H2,1-3H3. The first kappa shape index (κ1) is 15.4. The van der Waals surface area contributed by atoms with Gasteiger partial charge in [-0.05, 0) is 38.1 Å². The molecule has 21 heavy (non-hydrogen) atoms. The van der Waals surface area contributed by atoms with Crippen LogP contribution in [-0.4, -0.2) is 13.7 Å². The van der Waals surface area contributed by atoms with Gasteiger partial charge in [-0.15, -0.1) is 0 Å². The van der Waals surface area contributed by atoms with Crippen molar-refractivity contribution in [2.75, 3.05) is 13.7 Å². The lowest BCUT2D eigenvalue weighted by atomic mass is 10.1. The summed E-state index contributed by atoms with van der Waals surface area (Å²) in [6.45, 7) is 5.31. The number of nitrogens with one attached hydrogen (secondary N) is 1. The topological polar surface area (TPSA) is 30.5 Å². The minimum atomic E-state index is 0.246. The van der Waals surface area contributed by atoms with Crippen LogP contribution in [-0.2, 0) is 0 Å². The van der Waals surface area contributed by atoms with Crippen LogP contribution >= 0.6 is 0 Å². The van der Waals surface area contributed by atoms with Crippen molar-refractivity contribution >= 4 is 0 Å². The van der Waals surface area contributed by atoms with Gasteiger partial charge in [0.15, 0.2) is 11.5 Å². The molecule has 1 unspecified atom stereocenters. The van der Waals surface area contributed by atoms with Crippen LogP contribution in [0.2, 0.25) is 0 Å². The molecule has 0 amide bonds. The van der Waals surface area contributed by atoms with Gasteiger partial charge in [0.2, 0.25) is 0 Å². The number of para-hydroxylation sites is 3. The Kier molecular flexibility index (Phi) is 5.64. The first-order valence-corrected chi connectivity index (χ1v) is 7.39. The fourth-order valence-electron chi connectivity index (χ4n) is 2.22. The second kappa shape index (κ2) is 7.70. The van der Waals surface area contributed by atoms with E-state index in [1.165, 1.54) is 0 Å². The minimum absolute atomic E-state index is 0.246. The maximum Gasteiger partial charge on any atom is 0.169 e. The molecule has 2 aromatic carbocycles. The van der Waals surface area contributed by atoms with Crippen molar-refractivity contribution in [3.63, 3.8) is 0 Å². The molecular formula is C18H23NO2. The van der Waals surface area contributed by atoms with E-state index in [9.17, 15) is 0 Å². The number of rotatable bonds is 7. The van der Waals surface area contributed by atoms with Crippen LogP contribution < -0.4 is 14.8 Å². The van der Waals surface area contributed by atoms with Crippen molar-refractivity contribution in [3.05, 3.63) is 54.1 Å². The van der Waals surface area contributed by atoms with Crippen LogP contribution in [0.15, 0.2) is 48.5 Å². The smallest absolute Gasteiger partial charge is 0.169 e. The Labute approximate surface area is 126 Å². The summed E-state index contributed by atoms with van der Waals surface area (Å²) >= 11 is 0. The first-order chi connectivity index (χ1) is 10.3. The van der Waals surface area contributed by atoms with Gasteiger partial charge in [0.25, 0.3) is 0 Å². The normalized spacial score (nSPS) is 12.0. The highest BCUT2D eigenvalue weighted by Crippen LogP contribution is 2.34. The molecule has 3 nitrogen and oxygen atoms in total. The van der Waals surface area contributed by atoms with E-state index in [0.29, 0.717) is 0 Å². The molecule has 0 saturated carbocycles. The van der Waals surface area contributed by atoms with Gasteiger partial charge in [0, 0.05) is 11.6 Å². The molecule has 0 bridgehead atoms. The third-order valence-corrected chi connectivity index (χ3v) is 3.38. The molecule has 0 heterocycles. The zero-order valence-corrected chi connectivity index (χ0v) is 12.9. The Morgan fingerprint density at radius 3 is 2.24 bits per heavy atom. The Morgan fingerprint density at radius 2 is 1.57 bits per heavy atom. The van der Waals surface area contributed by atoms with Crippen LogP contribution in [0.5, 0.6) is 17.2 Å². The zero-order chi connectivity index (χ0) is 15.1. The maximum atomic E-state index is 6.07. The van der Waals surface area contributed by atoms with Gasteiger partial charge in [0.05, 0.1) is 7.11 Å². The van der Waals surface area contributed by atoms with Crippen LogP contribution in [0.1, 0.15) is 31.9 Å². The third-order valence-electron chi connectivity index (χ3n) is 3.38. The van der Waals surface area contributed by atoms with Crippen LogP contribution in [0, 0.1) is 0 Å². The van der Waals surface area contributed by atoms with Gasteiger partial charge in [-0.3, -0.25) is 0 Å². The van der Waals surface area contributed by atoms with Gasteiger partial charge in [-0.1, -0.05) is 37.3 Å². The summed E-state index contributed by atoms with van der Waals surface area (Å²) in [6.07, 6.45) is 1.11. The fraction of sp³-hybridized carbons (Fsp3) is 0.333. The molecule has 0 spiro atoms. The summed E-state index contributed by atoms with van der Waals surface area (Å²) in [5, 5.41) is 3.49. The molecule has 112 valence electrons. The van der Waals surface area contributed by atoms with E-state index in [1.807, 2.05) is 42.5 Å². The van der Waals surface area contributed by atoms with Crippen molar-refractivity contribution in [1.29, 1.82) is 0 Å². The molecule has 0 aliphatic rings. The highest BCUT2D eigenvalue weighted by Gasteiger charge is 2.12. The van der Waals surface area contributed by atoms with Crippen molar-refractivity contribution in [1.82, 2.24) is 5.32 Å². The molecule has 0 radical (unpaired) electrons. The number of methoxy groups -OCH3 is 1. The van der Waals surface area contributed by atoms with E-state index >= 15 is 0 Å². The molecule has 1 N–H and O–H groups in total. The van der Waals surface area contributed by atoms with E-state index in [-0.39, 0.29) is 6.04 Å². The van der Waals surface area contributed by atoms with Crippen molar-refractivity contribution in [2.24, 2.45) is 0 Å².